The highest BCUT2D eigenvalue weighted by Crippen LogP contribution is 2.24. The molecule has 0 spiro atoms. The van der Waals surface area contributed by atoms with Crippen LogP contribution in [0.15, 0.2) is 0 Å². The minimum absolute atomic E-state index is 0.0261. The van der Waals surface area contributed by atoms with Crippen molar-refractivity contribution in [2.75, 3.05) is 11.5 Å². The molecule has 0 bridgehead atoms. The van der Waals surface area contributed by atoms with Crippen molar-refractivity contribution >= 4 is 39.2 Å². The Bertz CT molecular complexity index is 153. The first-order chi connectivity index (χ1) is 7.45. The van der Waals surface area contributed by atoms with Crippen molar-refractivity contribution in [1.82, 2.24) is 0 Å². The number of aliphatic hydroxyl groups is 2. The number of hydrogen-bond donors (Lipinski definition) is 2. The normalized spacial score (nSPS) is 15.8. The Hall–Kier alpha value is 1.05. The molecule has 0 aromatic heterocycles. The summed E-state index contributed by atoms with van der Waals surface area (Å²) < 4.78 is 0. The zero-order valence-corrected chi connectivity index (χ0v) is 14.8. The maximum atomic E-state index is 9.65. The predicted octanol–water partition coefficient (Wildman–Crippen LogP) is 1.92. The first-order valence-corrected chi connectivity index (χ1v) is 14.5. The van der Waals surface area contributed by atoms with Crippen LogP contribution in [0.4, 0.5) is 0 Å². The van der Waals surface area contributed by atoms with Gasteiger partial charge in [0.05, 0.1) is 17.6 Å². The molecule has 0 aliphatic rings. The van der Waals surface area contributed by atoms with E-state index in [-0.39, 0.29) is 11.5 Å². The molecular weight excluding hydrogens is 272 g/mol. The minimum Gasteiger partial charge on any atom is -0.397 e. The second kappa shape index (κ2) is 10.0. The van der Waals surface area contributed by atoms with E-state index in [1.807, 2.05) is 21.6 Å². The Kier molecular flexibility index (Phi) is 10.7. The SMILES string of the molecule is C[SiH](C)C(O)CCSSCCC(O)[SiH](C)C. The van der Waals surface area contributed by atoms with E-state index >= 15 is 0 Å². The van der Waals surface area contributed by atoms with Gasteiger partial charge in [-0.2, -0.15) is 0 Å². The van der Waals surface area contributed by atoms with Crippen LogP contribution in [0.5, 0.6) is 0 Å². The standard InChI is InChI=1S/C10H26O2S2Si2/c1-15(2)9(11)5-7-13-14-8-6-10(12)16(3)4/h9-12,15-16H,5-8H2,1-4H3. The molecule has 0 fully saturated rings. The fourth-order valence-corrected chi connectivity index (χ4v) is 5.47. The van der Waals surface area contributed by atoms with Gasteiger partial charge in [-0.25, -0.2) is 0 Å². The van der Waals surface area contributed by atoms with Crippen LogP contribution < -0.4 is 0 Å². The molecule has 98 valence electrons. The molecule has 0 aromatic rings. The maximum absolute atomic E-state index is 9.65. The van der Waals surface area contributed by atoms with Crippen LogP contribution in [0.3, 0.4) is 0 Å². The van der Waals surface area contributed by atoms with Crippen LogP contribution in [-0.4, -0.2) is 50.8 Å². The number of hydrogen-bond acceptors (Lipinski definition) is 4. The summed E-state index contributed by atoms with van der Waals surface area (Å²) in [6.45, 7) is 8.75. The molecule has 0 saturated heterocycles. The van der Waals surface area contributed by atoms with Gasteiger partial charge < -0.3 is 10.2 Å². The lowest BCUT2D eigenvalue weighted by Crippen LogP contribution is -2.24. The van der Waals surface area contributed by atoms with Crippen LogP contribution in [0.1, 0.15) is 12.8 Å². The van der Waals surface area contributed by atoms with E-state index in [0.29, 0.717) is 0 Å². The third-order valence-electron chi connectivity index (χ3n) is 2.62. The average Bonchev–Trinajstić information content (AvgIpc) is 2.21. The maximum Gasteiger partial charge on any atom is 0.0652 e. The van der Waals surface area contributed by atoms with E-state index < -0.39 is 17.6 Å². The van der Waals surface area contributed by atoms with Gasteiger partial charge >= 0.3 is 0 Å². The highest BCUT2D eigenvalue weighted by atomic mass is 33.1. The Morgan fingerprint density at radius 1 is 0.812 bits per heavy atom. The molecular formula is C10H26O2S2Si2. The van der Waals surface area contributed by atoms with Crippen molar-refractivity contribution in [3.63, 3.8) is 0 Å². The van der Waals surface area contributed by atoms with E-state index in [9.17, 15) is 10.2 Å². The summed E-state index contributed by atoms with van der Waals surface area (Å²) in [6.07, 6.45) is 1.87. The van der Waals surface area contributed by atoms with E-state index in [0.717, 1.165) is 24.3 Å². The zero-order chi connectivity index (χ0) is 12.6. The molecule has 2 unspecified atom stereocenters. The molecule has 0 aromatic carbocycles. The molecule has 2 atom stereocenters. The van der Waals surface area contributed by atoms with Crippen LogP contribution in [-0.2, 0) is 0 Å². The van der Waals surface area contributed by atoms with Gasteiger partial charge in [0, 0.05) is 23.0 Å². The predicted molar refractivity (Wildman–Crippen MR) is 83.9 cm³/mol. The third kappa shape index (κ3) is 9.12. The van der Waals surface area contributed by atoms with Gasteiger partial charge in [0.25, 0.3) is 0 Å². The van der Waals surface area contributed by atoms with Gasteiger partial charge in [0.1, 0.15) is 0 Å². The number of aliphatic hydroxyl groups excluding tert-OH is 2. The molecule has 16 heavy (non-hydrogen) atoms. The van der Waals surface area contributed by atoms with Gasteiger partial charge in [0.15, 0.2) is 0 Å². The van der Waals surface area contributed by atoms with E-state index in [2.05, 4.69) is 26.2 Å². The molecule has 0 aliphatic heterocycles. The molecule has 0 rings (SSSR count). The summed E-state index contributed by atoms with van der Waals surface area (Å²) >= 11 is 0. The van der Waals surface area contributed by atoms with Crippen molar-refractivity contribution in [2.45, 2.75) is 50.5 Å². The van der Waals surface area contributed by atoms with E-state index in [4.69, 9.17) is 0 Å². The topological polar surface area (TPSA) is 40.5 Å². The molecule has 2 nitrogen and oxygen atoms in total. The molecule has 0 aliphatic carbocycles. The van der Waals surface area contributed by atoms with Crippen LogP contribution in [0.25, 0.3) is 0 Å². The lowest BCUT2D eigenvalue weighted by atomic mass is 10.5. The summed E-state index contributed by atoms with van der Waals surface area (Å²) in [5.74, 6) is 2.07. The largest absolute Gasteiger partial charge is 0.397 e. The fourth-order valence-electron chi connectivity index (χ4n) is 1.12. The first-order valence-electron chi connectivity index (χ1n) is 6.05. The summed E-state index contributed by atoms with van der Waals surface area (Å²) in [7, 11) is 1.96. The molecule has 2 N–H and O–H groups in total. The average molecular weight is 299 g/mol. The van der Waals surface area contributed by atoms with Crippen molar-refractivity contribution < 1.29 is 10.2 Å². The first kappa shape index (κ1) is 17.1. The highest BCUT2D eigenvalue weighted by Gasteiger charge is 2.11. The van der Waals surface area contributed by atoms with Crippen molar-refractivity contribution in [1.29, 1.82) is 0 Å². The van der Waals surface area contributed by atoms with Crippen LogP contribution >= 0.6 is 21.6 Å². The number of rotatable bonds is 9. The van der Waals surface area contributed by atoms with Gasteiger partial charge in [-0.15, -0.1) is 0 Å². The van der Waals surface area contributed by atoms with Crippen molar-refractivity contribution in [3.8, 4) is 0 Å². The second-order valence-corrected chi connectivity index (χ2v) is 14.1. The molecule has 6 heteroatoms. The Morgan fingerprint density at radius 2 is 1.12 bits per heavy atom. The smallest absolute Gasteiger partial charge is 0.0652 e. The Morgan fingerprint density at radius 3 is 1.38 bits per heavy atom. The van der Waals surface area contributed by atoms with Crippen molar-refractivity contribution in [2.24, 2.45) is 0 Å². The lowest BCUT2D eigenvalue weighted by Gasteiger charge is -2.13. The zero-order valence-electron chi connectivity index (χ0n) is 10.8. The Balaban J connectivity index is 3.28. The van der Waals surface area contributed by atoms with Gasteiger partial charge in [-0.3, -0.25) is 0 Å². The third-order valence-corrected chi connectivity index (χ3v) is 8.83. The van der Waals surface area contributed by atoms with Crippen LogP contribution in [0, 0.1) is 0 Å². The quantitative estimate of drug-likeness (QED) is 0.388. The molecule has 0 amide bonds. The van der Waals surface area contributed by atoms with E-state index in [1.165, 1.54) is 0 Å². The summed E-state index contributed by atoms with van der Waals surface area (Å²) in [6, 6.07) is 0. The monoisotopic (exact) mass is 298 g/mol. The molecule has 0 radical (unpaired) electrons. The van der Waals surface area contributed by atoms with Gasteiger partial charge in [-0.1, -0.05) is 47.8 Å². The lowest BCUT2D eigenvalue weighted by molar-refractivity contribution is 0.245. The van der Waals surface area contributed by atoms with Crippen molar-refractivity contribution in [3.05, 3.63) is 0 Å². The van der Waals surface area contributed by atoms with E-state index in [1.54, 1.807) is 0 Å². The fraction of sp³-hybridized carbons (Fsp3) is 1.00. The summed E-state index contributed by atoms with van der Waals surface area (Å²) in [4.78, 5) is 0. The van der Waals surface area contributed by atoms with Crippen LogP contribution in [0.2, 0.25) is 26.2 Å². The summed E-state index contributed by atoms with van der Waals surface area (Å²) in [5, 5.41) is 19.3. The Labute approximate surface area is 111 Å². The summed E-state index contributed by atoms with van der Waals surface area (Å²) in [5.41, 5.74) is -0.0523. The van der Waals surface area contributed by atoms with Gasteiger partial charge in [0.2, 0.25) is 0 Å². The molecule has 0 heterocycles. The molecule has 0 saturated carbocycles. The van der Waals surface area contributed by atoms with Gasteiger partial charge in [-0.05, 0) is 12.8 Å². The highest BCUT2D eigenvalue weighted by molar-refractivity contribution is 8.76. The second-order valence-electron chi connectivity index (χ2n) is 4.84. The minimum atomic E-state index is -0.855.